The van der Waals surface area contributed by atoms with Crippen molar-refractivity contribution in [3.05, 3.63) is 54.5 Å². The van der Waals surface area contributed by atoms with Crippen molar-refractivity contribution in [2.45, 2.75) is 83.5 Å². The first-order valence-corrected chi connectivity index (χ1v) is 17.9. The molecule has 1 saturated carbocycles. The molecule has 1 aliphatic carbocycles. The maximum absolute atomic E-state index is 14.5. The zero-order chi connectivity index (χ0) is 36.2. The van der Waals surface area contributed by atoms with E-state index in [1.807, 2.05) is 0 Å². The van der Waals surface area contributed by atoms with Gasteiger partial charge in [0.15, 0.2) is 23.6 Å². The zero-order valence-electron chi connectivity index (χ0n) is 28.8. The first-order valence-electron chi connectivity index (χ1n) is 16.3. The molecule has 0 bridgehead atoms. The third kappa shape index (κ3) is 8.32. The number of nitrogens with zero attached hydrogens (tertiary/aromatic N) is 4. The van der Waals surface area contributed by atoms with Gasteiger partial charge in [-0.15, -0.1) is 0 Å². The van der Waals surface area contributed by atoms with E-state index in [-0.39, 0.29) is 17.7 Å². The summed E-state index contributed by atoms with van der Waals surface area (Å²) in [7, 11) is -2.98. The average molecular weight is 715 g/mol. The predicted molar refractivity (Wildman–Crippen MR) is 180 cm³/mol. The minimum Gasteiger partial charge on any atom is -0.461 e. The van der Waals surface area contributed by atoms with Gasteiger partial charge < -0.3 is 29.2 Å². The third-order valence-corrected chi connectivity index (χ3v) is 9.58. The van der Waals surface area contributed by atoms with Crippen molar-refractivity contribution >= 4 is 43.2 Å². The van der Waals surface area contributed by atoms with E-state index in [4.69, 9.17) is 33.7 Å². The summed E-state index contributed by atoms with van der Waals surface area (Å²) < 4.78 is 52.1. The summed E-state index contributed by atoms with van der Waals surface area (Å²) in [6.07, 6.45) is 0.0861. The summed E-state index contributed by atoms with van der Waals surface area (Å²) in [5.74, 6) is -2.67. The molecule has 16 nitrogen and oxygen atoms in total. The standard InChI is InChI=1S/C33H43N6O10P/c1-19(2)30(40)46-27-26(24-14-15-25-29(34)36-18-37-39(24)25)48-33(16-35-6,28(27)47-31(41)20(3)4)17-44-50(43,49-23-10-8-7-9-11-23)38-21(5)32(42)45-22-12-13-22/h7-11,14-16,18-22,26-28H,12-13,17H2,1-6H3,(H,38,43)(H2,34,36,37)/t21-,26-,27-,28-,33+,50?/m0/s1. The van der Waals surface area contributed by atoms with Crippen molar-refractivity contribution < 1.29 is 46.9 Å². The largest absolute Gasteiger partial charge is 0.461 e. The van der Waals surface area contributed by atoms with Gasteiger partial charge in [0.05, 0.1) is 24.1 Å². The number of carbonyl (C=O) groups is 3. The van der Waals surface area contributed by atoms with Crippen LogP contribution >= 0.6 is 7.75 Å². The average Bonchev–Trinajstić information content (AvgIpc) is 3.71. The van der Waals surface area contributed by atoms with Crippen molar-refractivity contribution in [3.63, 3.8) is 0 Å². The van der Waals surface area contributed by atoms with E-state index >= 15 is 0 Å². The zero-order valence-corrected chi connectivity index (χ0v) is 29.6. The lowest BCUT2D eigenvalue weighted by molar-refractivity contribution is -0.173. The topological polar surface area (TPSA) is 204 Å². The summed E-state index contributed by atoms with van der Waals surface area (Å²) >= 11 is 0. The number of aliphatic imine (C=N–C) groups is 1. The third-order valence-electron chi connectivity index (χ3n) is 7.95. The van der Waals surface area contributed by atoms with Gasteiger partial charge in [-0.1, -0.05) is 45.9 Å². The van der Waals surface area contributed by atoms with E-state index < -0.39 is 74.1 Å². The maximum Gasteiger partial charge on any atom is 0.459 e. The first kappa shape index (κ1) is 36.9. The molecule has 3 N–H and O–H groups in total. The van der Waals surface area contributed by atoms with Crippen LogP contribution in [-0.4, -0.2) is 82.3 Å². The molecule has 3 aromatic rings. The van der Waals surface area contributed by atoms with E-state index in [0.29, 0.717) is 11.2 Å². The number of nitrogen functional groups attached to an aromatic ring is 1. The summed E-state index contributed by atoms with van der Waals surface area (Å²) in [5.41, 5.74) is 5.11. The molecule has 0 radical (unpaired) electrons. The molecular formula is C33H43N6O10P. The summed E-state index contributed by atoms with van der Waals surface area (Å²) in [5, 5.41) is 6.99. The second-order valence-corrected chi connectivity index (χ2v) is 14.5. The van der Waals surface area contributed by atoms with Crippen molar-refractivity contribution in [1.82, 2.24) is 19.7 Å². The van der Waals surface area contributed by atoms with Crippen LogP contribution in [0.1, 0.15) is 59.3 Å². The fraction of sp³-hybridized carbons (Fsp3) is 0.515. The van der Waals surface area contributed by atoms with Crippen LogP contribution < -0.4 is 15.3 Å². The minimum absolute atomic E-state index is 0.179. The quantitative estimate of drug-likeness (QED) is 0.0994. The highest BCUT2D eigenvalue weighted by Gasteiger charge is 2.61. The predicted octanol–water partition coefficient (Wildman–Crippen LogP) is 3.85. The van der Waals surface area contributed by atoms with Crippen LogP contribution in [0.4, 0.5) is 5.82 Å². The Morgan fingerprint density at radius 1 is 1.04 bits per heavy atom. The molecule has 5 rings (SSSR count). The highest BCUT2D eigenvalue weighted by molar-refractivity contribution is 7.52. The Morgan fingerprint density at radius 3 is 2.36 bits per heavy atom. The second-order valence-electron chi connectivity index (χ2n) is 12.8. The molecule has 2 aliphatic rings. The summed E-state index contributed by atoms with van der Waals surface area (Å²) in [6, 6.07) is 10.5. The Kier molecular flexibility index (Phi) is 11.3. The second kappa shape index (κ2) is 15.3. The Labute approximate surface area is 289 Å². The van der Waals surface area contributed by atoms with Crippen LogP contribution in [0.15, 0.2) is 53.8 Å². The van der Waals surface area contributed by atoms with Gasteiger partial charge in [0.25, 0.3) is 0 Å². The molecule has 0 spiro atoms. The number of fused-ring (bicyclic) bond motifs is 1. The van der Waals surface area contributed by atoms with E-state index in [9.17, 15) is 18.9 Å². The van der Waals surface area contributed by atoms with E-state index in [1.54, 1.807) is 70.2 Å². The summed E-state index contributed by atoms with van der Waals surface area (Å²) in [4.78, 5) is 47.5. The Balaban J connectivity index is 1.57. The number of esters is 3. The lowest BCUT2D eigenvalue weighted by atomic mass is 9.94. The molecule has 1 saturated heterocycles. The molecular weight excluding hydrogens is 671 g/mol. The minimum atomic E-state index is -4.44. The molecule has 1 aromatic carbocycles. The maximum atomic E-state index is 14.5. The number of carbonyl (C=O) groups excluding carboxylic acids is 3. The number of nitrogens with two attached hydrogens (primary N) is 1. The van der Waals surface area contributed by atoms with Gasteiger partial charge in [-0.2, -0.15) is 10.2 Å². The van der Waals surface area contributed by atoms with Gasteiger partial charge in [-0.3, -0.25) is 23.9 Å². The monoisotopic (exact) mass is 714 g/mol. The van der Waals surface area contributed by atoms with Crippen molar-refractivity contribution in [1.29, 1.82) is 0 Å². The van der Waals surface area contributed by atoms with Crippen molar-refractivity contribution in [3.8, 4) is 5.75 Å². The first-order chi connectivity index (χ1) is 23.8. The van der Waals surface area contributed by atoms with E-state index in [1.165, 1.54) is 31.0 Å². The lowest BCUT2D eigenvalue weighted by Crippen LogP contribution is -2.52. The van der Waals surface area contributed by atoms with E-state index in [0.717, 1.165) is 12.8 Å². The molecule has 17 heteroatoms. The van der Waals surface area contributed by atoms with Gasteiger partial charge in [0, 0.05) is 13.3 Å². The Bertz CT molecular complexity index is 1760. The number of hydrogen-bond donors (Lipinski definition) is 2. The normalized spacial score (nSPS) is 24.0. The molecule has 2 fully saturated rings. The van der Waals surface area contributed by atoms with Crippen LogP contribution in [0.25, 0.3) is 5.52 Å². The molecule has 270 valence electrons. The Morgan fingerprint density at radius 2 is 1.72 bits per heavy atom. The van der Waals surface area contributed by atoms with Crippen LogP contribution in [-0.2, 0) is 42.4 Å². The number of para-hydroxylation sites is 1. The molecule has 1 unspecified atom stereocenters. The fourth-order valence-corrected chi connectivity index (χ4v) is 6.69. The molecule has 3 heterocycles. The van der Waals surface area contributed by atoms with Crippen LogP contribution in [0, 0.1) is 11.8 Å². The van der Waals surface area contributed by atoms with Crippen molar-refractivity contribution in [2.24, 2.45) is 16.8 Å². The van der Waals surface area contributed by atoms with Gasteiger partial charge in [-0.25, -0.2) is 14.1 Å². The molecule has 1 aliphatic heterocycles. The smallest absolute Gasteiger partial charge is 0.459 e. The highest BCUT2D eigenvalue weighted by atomic mass is 31.2. The highest BCUT2D eigenvalue weighted by Crippen LogP contribution is 2.50. The number of anilines is 1. The molecule has 0 amide bonds. The number of nitrogens with one attached hydrogen (secondary N) is 1. The number of aromatic nitrogens is 3. The Hall–Kier alpha value is -4.37. The van der Waals surface area contributed by atoms with Gasteiger partial charge in [0.1, 0.15) is 35.8 Å². The number of hydrogen-bond acceptors (Lipinski definition) is 14. The van der Waals surface area contributed by atoms with Crippen LogP contribution in [0.5, 0.6) is 5.75 Å². The molecule has 2 aromatic heterocycles. The molecule has 6 atom stereocenters. The molecule has 50 heavy (non-hydrogen) atoms. The fourth-order valence-electron chi connectivity index (χ4n) is 5.16. The van der Waals surface area contributed by atoms with Crippen molar-refractivity contribution in [2.75, 3.05) is 19.4 Å². The van der Waals surface area contributed by atoms with Crippen LogP contribution in [0.2, 0.25) is 0 Å². The SMILES string of the molecule is CN=C[C@]1(COP(=O)(N[C@@H](C)C(=O)OC2CC2)Oc2ccccc2)O[C@@H](c2ccc3c(N)ncnn23)[C@H](OC(=O)C(C)C)[C@@H]1OC(=O)C(C)C. The number of benzene rings is 1. The van der Waals surface area contributed by atoms with E-state index in [2.05, 4.69) is 20.2 Å². The number of rotatable bonds is 15. The lowest BCUT2D eigenvalue weighted by Gasteiger charge is -2.33. The summed E-state index contributed by atoms with van der Waals surface area (Å²) in [6.45, 7) is 7.46. The van der Waals surface area contributed by atoms with Crippen LogP contribution in [0.3, 0.4) is 0 Å². The van der Waals surface area contributed by atoms with Gasteiger partial charge in [0.2, 0.25) is 0 Å². The number of ether oxygens (including phenoxy) is 4. The van der Waals surface area contributed by atoms with Gasteiger partial charge in [-0.05, 0) is 44.0 Å². The van der Waals surface area contributed by atoms with Gasteiger partial charge >= 0.3 is 25.7 Å².